The highest BCUT2D eigenvalue weighted by molar-refractivity contribution is 6.30. The minimum absolute atomic E-state index is 0.199. The van der Waals surface area contributed by atoms with Gasteiger partial charge in [0.05, 0.1) is 24.9 Å². The minimum Gasteiger partial charge on any atom is -0.477 e. The van der Waals surface area contributed by atoms with Gasteiger partial charge in [-0.2, -0.15) is 0 Å². The first-order valence-electron chi connectivity index (χ1n) is 11.7. The van der Waals surface area contributed by atoms with Gasteiger partial charge in [-0.1, -0.05) is 23.7 Å². The maximum Gasteiger partial charge on any atom is 0.364 e. The lowest BCUT2D eigenvalue weighted by Crippen LogP contribution is -2.68. The van der Waals surface area contributed by atoms with E-state index in [-0.39, 0.29) is 11.1 Å². The number of rotatable bonds is 10. The van der Waals surface area contributed by atoms with Gasteiger partial charge in [0.1, 0.15) is 12.2 Å². The van der Waals surface area contributed by atoms with E-state index in [0.29, 0.717) is 5.02 Å². The zero-order valence-electron chi connectivity index (χ0n) is 20.5. The lowest BCUT2D eigenvalue weighted by atomic mass is 9.88. The number of carbonyl (C=O) groups is 3. The van der Waals surface area contributed by atoms with Crippen LogP contribution in [0.3, 0.4) is 0 Å². The van der Waals surface area contributed by atoms with Gasteiger partial charge in [0, 0.05) is 36.0 Å². The molecule has 6 N–H and O–H groups in total. The maximum absolute atomic E-state index is 14.1. The number of ether oxygens (including phenoxy) is 2. The van der Waals surface area contributed by atoms with Crippen LogP contribution in [0.5, 0.6) is 0 Å². The van der Waals surface area contributed by atoms with Crippen LogP contribution in [0.1, 0.15) is 29.3 Å². The lowest BCUT2D eigenvalue weighted by Gasteiger charge is -2.46. The molecule has 0 aromatic heterocycles. The van der Waals surface area contributed by atoms with Crippen LogP contribution in [-0.4, -0.2) is 81.0 Å². The molecule has 0 saturated carbocycles. The summed E-state index contributed by atoms with van der Waals surface area (Å²) in [6, 6.07) is 7.55. The molecule has 0 unspecified atom stereocenters. The Morgan fingerprint density at radius 3 is 2.46 bits per heavy atom. The van der Waals surface area contributed by atoms with Crippen molar-refractivity contribution >= 4 is 29.4 Å². The Morgan fingerprint density at radius 2 is 1.85 bits per heavy atom. The van der Waals surface area contributed by atoms with Crippen molar-refractivity contribution in [3.8, 4) is 0 Å². The highest BCUT2D eigenvalue weighted by Crippen LogP contribution is 2.34. The molecule has 1 aliphatic heterocycles. The fourth-order valence-corrected chi connectivity index (χ4v) is 4.17. The van der Waals surface area contributed by atoms with Gasteiger partial charge in [-0.3, -0.25) is 9.59 Å². The zero-order chi connectivity index (χ0) is 28.9. The predicted molar refractivity (Wildman–Crippen MR) is 130 cm³/mol. The van der Waals surface area contributed by atoms with E-state index in [2.05, 4.69) is 10.6 Å². The van der Waals surface area contributed by atoms with E-state index in [1.807, 2.05) is 0 Å². The second-order valence-electron chi connectivity index (χ2n) is 8.91. The first-order valence-corrected chi connectivity index (χ1v) is 12.1. The molecular formula is C25H27ClF2N2O9. The summed E-state index contributed by atoms with van der Waals surface area (Å²) in [4.78, 5) is 36.3. The van der Waals surface area contributed by atoms with E-state index in [4.69, 9.17) is 21.1 Å². The third-order valence-corrected chi connectivity index (χ3v) is 6.32. The number of aliphatic carboxylic acids is 1. The summed E-state index contributed by atoms with van der Waals surface area (Å²) in [7, 11) is 0. The number of hydrogen-bond donors (Lipinski definition) is 6. The Bertz CT molecular complexity index is 1200. The van der Waals surface area contributed by atoms with E-state index in [9.17, 15) is 43.6 Å². The first-order chi connectivity index (χ1) is 18.3. The molecule has 0 aliphatic carbocycles. The van der Waals surface area contributed by atoms with Gasteiger partial charge in [0.2, 0.25) is 5.91 Å². The Hall–Kier alpha value is -3.20. The molecule has 6 atom stereocenters. The van der Waals surface area contributed by atoms with Crippen molar-refractivity contribution in [2.45, 2.75) is 56.2 Å². The molecule has 0 bridgehead atoms. The summed E-state index contributed by atoms with van der Waals surface area (Å²) in [5.41, 5.74) is -0.149. The van der Waals surface area contributed by atoms with Gasteiger partial charge in [-0.05, 0) is 30.3 Å². The monoisotopic (exact) mass is 572 g/mol. The van der Waals surface area contributed by atoms with Gasteiger partial charge >= 0.3 is 5.97 Å². The fraction of sp³-hybridized carbons (Fsp3) is 0.400. The molecule has 1 saturated heterocycles. The van der Waals surface area contributed by atoms with Crippen LogP contribution in [0.25, 0.3) is 0 Å². The number of benzene rings is 2. The molecule has 212 valence electrons. The van der Waals surface area contributed by atoms with Crippen molar-refractivity contribution in [2.24, 2.45) is 0 Å². The molecule has 2 aromatic rings. The molecule has 1 fully saturated rings. The van der Waals surface area contributed by atoms with Gasteiger partial charge in [0.25, 0.3) is 11.7 Å². The Balaban J connectivity index is 1.80. The van der Waals surface area contributed by atoms with Crippen molar-refractivity contribution in [1.82, 2.24) is 10.6 Å². The third kappa shape index (κ3) is 7.26. The van der Waals surface area contributed by atoms with E-state index in [0.717, 1.165) is 19.1 Å². The highest BCUT2D eigenvalue weighted by Gasteiger charge is 2.55. The van der Waals surface area contributed by atoms with Gasteiger partial charge in [-0.15, -0.1) is 0 Å². The minimum atomic E-state index is -2.69. The SMILES string of the molecule is CC(=O)N[C@H]1[C@H]([C@H](O)[C@H](O)CNC(=O)c2ccc(Cl)cc2)O[C@@](OCc2cccc(F)c2F)(C(=O)O)C[C@H]1O. The fourth-order valence-electron chi connectivity index (χ4n) is 4.04. The topological polar surface area (TPSA) is 175 Å². The van der Waals surface area contributed by atoms with Crippen LogP contribution >= 0.6 is 11.6 Å². The number of carbonyl (C=O) groups excluding carboxylic acids is 2. The normalized spacial score (nSPS) is 24.4. The van der Waals surface area contributed by atoms with E-state index >= 15 is 0 Å². The van der Waals surface area contributed by atoms with Crippen molar-refractivity contribution in [3.05, 3.63) is 70.2 Å². The second-order valence-corrected chi connectivity index (χ2v) is 9.35. The molecular weight excluding hydrogens is 546 g/mol. The van der Waals surface area contributed by atoms with Crippen LogP contribution in [0, 0.1) is 11.6 Å². The number of aliphatic hydroxyl groups is 3. The average Bonchev–Trinajstić information content (AvgIpc) is 2.88. The van der Waals surface area contributed by atoms with Gasteiger partial charge in [0.15, 0.2) is 11.6 Å². The van der Waals surface area contributed by atoms with Crippen molar-refractivity contribution in [2.75, 3.05) is 6.54 Å². The average molecular weight is 573 g/mol. The molecule has 1 heterocycles. The van der Waals surface area contributed by atoms with Crippen LogP contribution in [0.15, 0.2) is 42.5 Å². The third-order valence-electron chi connectivity index (χ3n) is 6.07. The van der Waals surface area contributed by atoms with Crippen LogP contribution < -0.4 is 10.6 Å². The van der Waals surface area contributed by atoms with Crippen LogP contribution in [0.2, 0.25) is 5.02 Å². The summed E-state index contributed by atoms with van der Waals surface area (Å²) in [5, 5.41) is 47.2. The highest BCUT2D eigenvalue weighted by atomic mass is 35.5. The maximum atomic E-state index is 14.1. The molecule has 2 amide bonds. The molecule has 2 aromatic carbocycles. The molecule has 3 rings (SSSR count). The largest absolute Gasteiger partial charge is 0.477 e. The summed E-state index contributed by atoms with van der Waals surface area (Å²) in [6.45, 7) is -0.238. The first kappa shape index (κ1) is 30.3. The Morgan fingerprint density at radius 1 is 1.18 bits per heavy atom. The van der Waals surface area contributed by atoms with Crippen LogP contribution in [0.4, 0.5) is 8.78 Å². The predicted octanol–water partition coefficient (Wildman–Crippen LogP) is 0.722. The number of aliphatic hydroxyl groups excluding tert-OH is 3. The number of hydrogen-bond acceptors (Lipinski definition) is 8. The number of halogens is 3. The summed E-state index contributed by atoms with van der Waals surface area (Å²) in [6.07, 6.45) is -8.01. The lowest BCUT2D eigenvalue weighted by molar-refractivity contribution is -0.314. The van der Waals surface area contributed by atoms with Gasteiger partial charge < -0.3 is 40.5 Å². The van der Waals surface area contributed by atoms with Crippen molar-refractivity contribution < 1.29 is 53.1 Å². The number of amides is 2. The molecule has 0 radical (unpaired) electrons. The van der Waals surface area contributed by atoms with E-state index < -0.39 is 85.2 Å². The van der Waals surface area contributed by atoms with Gasteiger partial charge in [-0.25, -0.2) is 13.6 Å². The van der Waals surface area contributed by atoms with Crippen LogP contribution in [-0.2, 0) is 25.7 Å². The number of nitrogens with one attached hydrogen (secondary N) is 2. The zero-order valence-corrected chi connectivity index (χ0v) is 21.3. The summed E-state index contributed by atoms with van der Waals surface area (Å²) in [5.74, 6) is -8.24. The number of carboxylic acid groups (broad SMARTS) is 1. The second kappa shape index (κ2) is 12.8. The summed E-state index contributed by atoms with van der Waals surface area (Å²) >= 11 is 5.79. The Kier molecular flexibility index (Phi) is 9.93. The molecule has 1 aliphatic rings. The van der Waals surface area contributed by atoms with E-state index in [1.54, 1.807) is 0 Å². The molecule has 39 heavy (non-hydrogen) atoms. The van der Waals surface area contributed by atoms with Crippen molar-refractivity contribution in [1.29, 1.82) is 0 Å². The molecule has 14 heteroatoms. The van der Waals surface area contributed by atoms with E-state index in [1.165, 1.54) is 30.3 Å². The summed E-state index contributed by atoms with van der Waals surface area (Å²) < 4.78 is 38.6. The Labute approximate surface area is 226 Å². The molecule has 11 nitrogen and oxygen atoms in total. The van der Waals surface area contributed by atoms with Crippen molar-refractivity contribution in [3.63, 3.8) is 0 Å². The molecule has 0 spiro atoms. The smallest absolute Gasteiger partial charge is 0.364 e. The number of carboxylic acids is 1. The standard InChI is InChI=1S/C25H27ClF2N2O9/c1-12(31)30-20-17(32)9-25(24(36)37,38-11-14-3-2-4-16(27)19(14)28)39-22(20)21(34)18(33)10-29-23(35)13-5-7-15(26)8-6-13/h2-8,17-18,20-22,32-34H,9-11H2,1H3,(H,29,35)(H,30,31)(H,36,37)/t17-,18-,20-,21-,22-,25-/m1/s1. The quantitative estimate of drug-likeness (QED) is 0.240.